The number of aromatic amines is 2. The van der Waals surface area contributed by atoms with Crippen LogP contribution in [0.25, 0.3) is 22.3 Å². The van der Waals surface area contributed by atoms with E-state index >= 15 is 0 Å². The molecule has 0 saturated carbocycles. The van der Waals surface area contributed by atoms with Crippen LogP contribution in [0.4, 0.5) is 11.4 Å². The van der Waals surface area contributed by atoms with E-state index in [1.165, 1.54) is 0 Å². The van der Waals surface area contributed by atoms with Crippen LogP contribution >= 0.6 is 0 Å². The lowest BCUT2D eigenvalue weighted by atomic mass is 10.1. The van der Waals surface area contributed by atoms with Gasteiger partial charge in [-0.05, 0) is 31.0 Å². The second kappa shape index (κ2) is 8.25. The lowest BCUT2D eigenvalue weighted by molar-refractivity contribution is 0.0680. The first-order chi connectivity index (χ1) is 16.3. The number of carbonyl (C=O) groups excluding carboxylic acids is 1. The number of ether oxygens (including phenoxy) is 2. The quantitative estimate of drug-likeness (QED) is 0.361. The molecule has 1 saturated heterocycles. The van der Waals surface area contributed by atoms with Gasteiger partial charge in [0.1, 0.15) is 17.9 Å². The third-order valence-electron chi connectivity index (χ3n) is 6.16. The largest absolute Gasteiger partial charge is 0.489 e. The van der Waals surface area contributed by atoms with Gasteiger partial charge in [0.15, 0.2) is 0 Å². The zero-order valence-electron chi connectivity index (χ0n) is 18.0. The molecule has 4 aromatic rings. The predicted octanol–water partition coefficient (Wildman–Crippen LogP) is 3.54. The van der Waals surface area contributed by atoms with Crippen molar-refractivity contribution in [1.82, 2.24) is 25.3 Å². The molecule has 0 radical (unpaired) electrons. The van der Waals surface area contributed by atoms with E-state index < -0.39 is 0 Å². The monoisotopic (exact) mass is 444 g/mol. The highest BCUT2D eigenvalue weighted by Crippen LogP contribution is 2.41. The molecule has 2 aliphatic rings. The van der Waals surface area contributed by atoms with Crippen LogP contribution in [0.15, 0.2) is 43.0 Å². The van der Waals surface area contributed by atoms with Gasteiger partial charge in [0.25, 0.3) is 5.91 Å². The predicted molar refractivity (Wildman–Crippen MR) is 124 cm³/mol. The van der Waals surface area contributed by atoms with Crippen molar-refractivity contribution >= 4 is 28.3 Å². The van der Waals surface area contributed by atoms with Gasteiger partial charge in [-0.25, -0.2) is 0 Å². The fourth-order valence-corrected chi connectivity index (χ4v) is 4.55. The second-order valence-electron chi connectivity index (χ2n) is 8.28. The molecule has 6 heterocycles. The molecule has 9 nitrogen and oxygen atoms in total. The lowest BCUT2D eigenvalue weighted by Gasteiger charge is -2.16. The van der Waals surface area contributed by atoms with Gasteiger partial charge in [-0.3, -0.25) is 14.8 Å². The van der Waals surface area contributed by atoms with Crippen LogP contribution in [0.2, 0.25) is 0 Å². The molecule has 4 N–H and O–H groups in total. The first-order valence-corrected chi connectivity index (χ1v) is 11.2. The number of amides is 1. The second-order valence-corrected chi connectivity index (χ2v) is 8.28. The van der Waals surface area contributed by atoms with Gasteiger partial charge < -0.3 is 30.1 Å². The highest BCUT2D eigenvalue weighted by atomic mass is 16.5. The van der Waals surface area contributed by atoms with Crippen molar-refractivity contribution in [2.75, 3.05) is 25.1 Å². The van der Waals surface area contributed by atoms with Crippen molar-refractivity contribution in [2.45, 2.75) is 25.4 Å². The van der Waals surface area contributed by atoms with Crippen molar-refractivity contribution in [3.63, 3.8) is 0 Å². The van der Waals surface area contributed by atoms with Gasteiger partial charge in [0.05, 0.1) is 40.4 Å². The molecule has 4 aromatic heterocycles. The van der Waals surface area contributed by atoms with Crippen molar-refractivity contribution in [3.05, 3.63) is 54.2 Å². The Morgan fingerprint density at radius 3 is 3.15 bits per heavy atom. The number of hydrogen-bond donors (Lipinski definition) is 4. The van der Waals surface area contributed by atoms with E-state index in [2.05, 4.69) is 30.6 Å². The third kappa shape index (κ3) is 3.60. The number of nitrogens with one attached hydrogen (secondary N) is 4. The number of carbonyl (C=O) groups is 1. The summed E-state index contributed by atoms with van der Waals surface area (Å²) in [5, 5.41) is 6.43. The summed E-state index contributed by atoms with van der Waals surface area (Å²) in [6.45, 7) is 1.84. The highest BCUT2D eigenvalue weighted by Gasteiger charge is 2.29. The average Bonchev–Trinajstić information content (AvgIpc) is 3.58. The number of aromatic nitrogens is 4. The van der Waals surface area contributed by atoms with Crippen molar-refractivity contribution in [3.8, 4) is 17.0 Å². The van der Waals surface area contributed by atoms with Crippen LogP contribution < -0.4 is 15.4 Å². The fraction of sp³-hybridized carbons (Fsp3) is 0.292. The highest BCUT2D eigenvalue weighted by molar-refractivity contribution is 6.07. The standard InChI is InChI=1S/C24H24N6O3/c31-24-20-16(6-9-27-24)29-21(23(20)30-18-11-28-17-4-1-7-26-22(17)18)15-5-8-25-12-19(15)33-13-14-3-2-10-32-14/h1,4-5,7-8,11-12,14,28-30H,2-3,6,9-10,13H2,(H,27,31). The molecular weight excluding hydrogens is 420 g/mol. The van der Waals surface area contributed by atoms with Crippen LogP contribution in [-0.2, 0) is 11.2 Å². The molecule has 168 valence electrons. The Bertz CT molecular complexity index is 1320. The summed E-state index contributed by atoms with van der Waals surface area (Å²) in [5.74, 6) is 0.539. The van der Waals surface area contributed by atoms with Crippen molar-refractivity contribution < 1.29 is 14.3 Å². The van der Waals surface area contributed by atoms with E-state index in [-0.39, 0.29) is 12.0 Å². The summed E-state index contributed by atoms with van der Waals surface area (Å²) in [5.41, 5.74) is 6.34. The van der Waals surface area contributed by atoms with Gasteiger partial charge in [0, 0.05) is 49.4 Å². The van der Waals surface area contributed by atoms with Crippen LogP contribution in [0.3, 0.4) is 0 Å². The molecule has 0 aliphatic carbocycles. The van der Waals surface area contributed by atoms with Crippen molar-refractivity contribution in [2.24, 2.45) is 0 Å². The molecule has 2 aliphatic heterocycles. The number of pyridine rings is 2. The number of nitrogens with zero attached hydrogens (tertiary/aromatic N) is 2. The Hall–Kier alpha value is -3.85. The van der Waals surface area contributed by atoms with E-state index in [4.69, 9.17) is 9.47 Å². The van der Waals surface area contributed by atoms with Crippen LogP contribution in [0, 0.1) is 0 Å². The minimum absolute atomic E-state index is 0.0931. The summed E-state index contributed by atoms with van der Waals surface area (Å²) in [7, 11) is 0. The molecule has 33 heavy (non-hydrogen) atoms. The van der Waals surface area contributed by atoms with E-state index in [0.29, 0.717) is 30.2 Å². The summed E-state index contributed by atoms with van der Waals surface area (Å²) in [4.78, 5) is 28.3. The maximum absolute atomic E-state index is 12.9. The number of rotatable bonds is 6. The Balaban J connectivity index is 1.43. The van der Waals surface area contributed by atoms with E-state index in [1.54, 1.807) is 18.6 Å². The lowest BCUT2D eigenvalue weighted by Crippen LogP contribution is -2.31. The summed E-state index contributed by atoms with van der Waals surface area (Å²) in [6.07, 6.45) is 9.91. The van der Waals surface area contributed by atoms with E-state index in [1.807, 2.05) is 24.4 Å². The minimum atomic E-state index is -0.107. The minimum Gasteiger partial charge on any atom is -0.489 e. The zero-order chi connectivity index (χ0) is 22.2. The molecule has 1 fully saturated rings. The first-order valence-electron chi connectivity index (χ1n) is 11.2. The van der Waals surface area contributed by atoms with Crippen molar-refractivity contribution in [1.29, 1.82) is 0 Å². The molecule has 1 amide bonds. The molecule has 0 aromatic carbocycles. The summed E-state index contributed by atoms with van der Waals surface area (Å²) < 4.78 is 11.8. The first kappa shape index (κ1) is 19.8. The average molecular weight is 444 g/mol. The van der Waals surface area contributed by atoms with Gasteiger partial charge in [-0.15, -0.1) is 0 Å². The van der Waals surface area contributed by atoms with E-state index in [0.717, 1.165) is 59.5 Å². The molecule has 6 rings (SSSR count). The molecule has 9 heteroatoms. The molecule has 1 atom stereocenters. The maximum atomic E-state index is 12.9. The number of H-pyrrole nitrogens is 2. The summed E-state index contributed by atoms with van der Waals surface area (Å²) >= 11 is 0. The third-order valence-corrected chi connectivity index (χ3v) is 6.16. The number of hydrogen-bond acceptors (Lipinski definition) is 6. The van der Waals surface area contributed by atoms with Gasteiger partial charge in [-0.1, -0.05) is 0 Å². The molecular formula is C24H24N6O3. The Morgan fingerprint density at radius 2 is 2.24 bits per heavy atom. The normalized spacial score (nSPS) is 17.7. The van der Waals surface area contributed by atoms with E-state index in [9.17, 15) is 4.79 Å². The topological polar surface area (TPSA) is 117 Å². The molecule has 0 bridgehead atoms. The Morgan fingerprint density at radius 1 is 1.27 bits per heavy atom. The Labute approximate surface area is 189 Å². The Kier molecular flexibility index (Phi) is 4.95. The number of fused-ring (bicyclic) bond motifs is 2. The van der Waals surface area contributed by atoms with Gasteiger partial charge in [-0.2, -0.15) is 0 Å². The molecule has 1 unspecified atom stereocenters. The summed E-state index contributed by atoms with van der Waals surface area (Å²) in [6, 6.07) is 5.75. The van der Waals surface area contributed by atoms with Crippen LogP contribution in [-0.4, -0.2) is 51.7 Å². The van der Waals surface area contributed by atoms with Crippen LogP contribution in [0.1, 0.15) is 28.9 Å². The fourth-order valence-electron chi connectivity index (χ4n) is 4.55. The zero-order valence-corrected chi connectivity index (χ0v) is 18.0. The smallest absolute Gasteiger partial charge is 0.255 e. The molecule has 0 spiro atoms. The van der Waals surface area contributed by atoms with Gasteiger partial charge >= 0.3 is 0 Å². The van der Waals surface area contributed by atoms with Crippen LogP contribution in [0.5, 0.6) is 5.75 Å². The SMILES string of the molecule is O=C1NCCc2[nH]c(-c3ccncc3OCC3CCCO3)c(Nc3c[nH]c4cccnc34)c21. The van der Waals surface area contributed by atoms with Gasteiger partial charge in [0.2, 0.25) is 0 Å². The maximum Gasteiger partial charge on any atom is 0.255 e. The number of anilines is 2.